The van der Waals surface area contributed by atoms with Gasteiger partial charge >= 0.3 is 0 Å². The largest absolute Gasteiger partial charge is 0.327 e. The van der Waals surface area contributed by atoms with Crippen LogP contribution in [0.3, 0.4) is 0 Å². The molecule has 0 saturated heterocycles. The van der Waals surface area contributed by atoms with Crippen molar-refractivity contribution in [2.24, 2.45) is 11.7 Å². The fourth-order valence-corrected chi connectivity index (χ4v) is 2.47. The monoisotopic (exact) mass is 229 g/mol. The normalized spacial score (nSPS) is 15.3. The molecule has 0 heterocycles. The summed E-state index contributed by atoms with van der Waals surface area (Å²) in [6.45, 7) is 3.96. The lowest BCUT2D eigenvalue weighted by molar-refractivity contribution is 0.530. The van der Waals surface area contributed by atoms with Crippen LogP contribution in [0.4, 0.5) is 4.39 Å². The minimum absolute atomic E-state index is 0.117. The maximum atomic E-state index is 12.9. The topological polar surface area (TPSA) is 43.1 Å². The Kier molecular flexibility index (Phi) is 4.42. The molecular formula is C11H16FNOS. The van der Waals surface area contributed by atoms with E-state index in [0.29, 0.717) is 10.6 Å². The number of hydrogen-bond acceptors (Lipinski definition) is 2. The summed E-state index contributed by atoms with van der Waals surface area (Å²) in [5.74, 6) is 0.294. The van der Waals surface area contributed by atoms with Gasteiger partial charge in [-0.1, -0.05) is 19.9 Å². The predicted octanol–water partition coefficient (Wildman–Crippen LogP) is 1.92. The first-order chi connectivity index (χ1) is 7.00. The summed E-state index contributed by atoms with van der Waals surface area (Å²) in [7, 11) is -1.21. The molecule has 0 saturated carbocycles. The summed E-state index contributed by atoms with van der Waals surface area (Å²) >= 11 is 0. The van der Waals surface area contributed by atoms with Crippen LogP contribution >= 0.6 is 0 Å². The fourth-order valence-electron chi connectivity index (χ4n) is 1.07. The second-order valence-corrected chi connectivity index (χ2v) is 5.37. The van der Waals surface area contributed by atoms with Gasteiger partial charge in [-0.15, -0.1) is 0 Å². The van der Waals surface area contributed by atoms with E-state index in [1.54, 1.807) is 12.1 Å². The Morgan fingerprint density at radius 3 is 2.67 bits per heavy atom. The first kappa shape index (κ1) is 12.3. The van der Waals surface area contributed by atoms with Crippen molar-refractivity contribution in [3.8, 4) is 0 Å². The van der Waals surface area contributed by atoms with Crippen molar-refractivity contribution in [1.29, 1.82) is 0 Å². The third-order valence-electron chi connectivity index (χ3n) is 2.26. The lowest BCUT2D eigenvalue weighted by Crippen LogP contribution is -2.32. The molecule has 4 heteroatoms. The molecule has 0 aliphatic heterocycles. The van der Waals surface area contributed by atoms with Gasteiger partial charge in [0.05, 0.1) is 10.8 Å². The number of halogens is 1. The van der Waals surface area contributed by atoms with Gasteiger partial charge in [0, 0.05) is 16.7 Å². The van der Waals surface area contributed by atoms with Crippen LogP contribution in [-0.4, -0.2) is 16.0 Å². The van der Waals surface area contributed by atoms with Gasteiger partial charge in [-0.2, -0.15) is 0 Å². The molecule has 2 nitrogen and oxygen atoms in total. The highest BCUT2D eigenvalue weighted by molar-refractivity contribution is 7.85. The molecule has 0 radical (unpaired) electrons. The molecule has 2 atom stereocenters. The zero-order chi connectivity index (χ0) is 11.4. The van der Waals surface area contributed by atoms with E-state index in [1.165, 1.54) is 12.1 Å². The molecule has 0 spiro atoms. The Hall–Kier alpha value is -0.740. The van der Waals surface area contributed by atoms with Crippen molar-refractivity contribution in [2.75, 3.05) is 5.75 Å². The third-order valence-corrected chi connectivity index (χ3v) is 3.73. The van der Waals surface area contributed by atoms with Crippen LogP contribution in [0, 0.1) is 11.7 Å². The summed E-state index contributed by atoms with van der Waals surface area (Å²) < 4.78 is 24.6. The van der Waals surface area contributed by atoms with Crippen molar-refractivity contribution >= 4 is 10.8 Å². The fraction of sp³-hybridized carbons (Fsp3) is 0.455. The minimum atomic E-state index is -1.21. The Labute approximate surface area is 92.1 Å². The van der Waals surface area contributed by atoms with Crippen molar-refractivity contribution in [3.05, 3.63) is 30.1 Å². The first-order valence-corrected chi connectivity index (χ1v) is 6.22. The molecule has 1 aromatic carbocycles. The standard InChI is InChI=1S/C11H16FNOS/c1-8(2)11(13)7-15(14)10-5-3-4-9(12)6-10/h3-6,8,11H,7,13H2,1-2H3. The van der Waals surface area contributed by atoms with Gasteiger partial charge < -0.3 is 5.73 Å². The zero-order valence-corrected chi connectivity index (χ0v) is 9.76. The molecule has 2 unspecified atom stereocenters. The lowest BCUT2D eigenvalue weighted by Gasteiger charge is -2.14. The molecule has 0 amide bonds. The highest BCUT2D eigenvalue weighted by Gasteiger charge is 2.13. The Balaban J connectivity index is 2.69. The van der Waals surface area contributed by atoms with E-state index in [9.17, 15) is 8.60 Å². The van der Waals surface area contributed by atoms with Gasteiger partial charge in [-0.25, -0.2) is 4.39 Å². The van der Waals surface area contributed by atoms with Crippen LogP contribution in [-0.2, 0) is 10.8 Å². The maximum absolute atomic E-state index is 12.9. The summed E-state index contributed by atoms with van der Waals surface area (Å²) in [5.41, 5.74) is 5.81. The van der Waals surface area contributed by atoms with Crippen molar-refractivity contribution in [3.63, 3.8) is 0 Å². The molecule has 0 aliphatic rings. The molecule has 1 rings (SSSR count). The molecule has 84 valence electrons. The van der Waals surface area contributed by atoms with E-state index in [0.717, 1.165) is 0 Å². The van der Waals surface area contributed by atoms with Crippen molar-refractivity contribution in [1.82, 2.24) is 0 Å². The number of nitrogens with two attached hydrogens (primary N) is 1. The van der Waals surface area contributed by atoms with Crippen molar-refractivity contribution in [2.45, 2.75) is 24.8 Å². The van der Waals surface area contributed by atoms with Gasteiger partial charge in [0.25, 0.3) is 0 Å². The van der Waals surface area contributed by atoms with E-state index in [-0.39, 0.29) is 17.8 Å². The first-order valence-electron chi connectivity index (χ1n) is 4.90. The van der Waals surface area contributed by atoms with E-state index < -0.39 is 10.8 Å². The second kappa shape index (κ2) is 5.37. The predicted molar refractivity (Wildman–Crippen MR) is 60.5 cm³/mol. The highest BCUT2D eigenvalue weighted by Crippen LogP contribution is 2.11. The average molecular weight is 229 g/mol. The van der Waals surface area contributed by atoms with Gasteiger partial charge in [0.1, 0.15) is 5.82 Å². The van der Waals surface area contributed by atoms with Crippen molar-refractivity contribution < 1.29 is 8.60 Å². The van der Waals surface area contributed by atoms with Crippen LogP contribution in [0.15, 0.2) is 29.2 Å². The average Bonchev–Trinajstić information content (AvgIpc) is 2.17. The molecular weight excluding hydrogens is 213 g/mol. The number of benzene rings is 1. The molecule has 0 aliphatic carbocycles. The molecule has 0 fully saturated rings. The molecule has 1 aromatic rings. The molecule has 0 aromatic heterocycles. The SMILES string of the molecule is CC(C)C(N)CS(=O)c1cccc(F)c1. The van der Waals surface area contributed by atoms with Crippen LogP contribution in [0.2, 0.25) is 0 Å². The van der Waals surface area contributed by atoms with Crippen LogP contribution < -0.4 is 5.73 Å². The van der Waals surface area contributed by atoms with E-state index in [2.05, 4.69) is 0 Å². The summed E-state index contributed by atoms with van der Waals surface area (Å²) in [6, 6.07) is 5.73. The number of hydrogen-bond donors (Lipinski definition) is 1. The number of rotatable bonds is 4. The highest BCUT2D eigenvalue weighted by atomic mass is 32.2. The summed E-state index contributed by atoms with van der Waals surface area (Å²) in [4.78, 5) is 0.506. The minimum Gasteiger partial charge on any atom is -0.327 e. The molecule has 2 N–H and O–H groups in total. The summed E-state index contributed by atoms with van der Waals surface area (Å²) in [6.07, 6.45) is 0. The van der Waals surface area contributed by atoms with Crippen LogP contribution in [0.25, 0.3) is 0 Å². The maximum Gasteiger partial charge on any atom is 0.124 e. The molecule has 0 bridgehead atoms. The Morgan fingerprint density at radius 1 is 1.47 bits per heavy atom. The van der Waals surface area contributed by atoms with Crippen LogP contribution in [0.5, 0.6) is 0 Å². The Bertz CT molecular complexity index is 354. The van der Waals surface area contributed by atoms with E-state index in [4.69, 9.17) is 5.73 Å². The Morgan fingerprint density at radius 2 is 2.13 bits per heavy atom. The second-order valence-electron chi connectivity index (χ2n) is 3.88. The third kappa shape index (κ3) is 3.72. The lowest BCUT2D eigenvalue weighted by atomic mass is 10.1. The summed E-state index contributed by atoms with van der Waals surface area (Å²) in [5, 5.41) is 0. The van der Waals surface area contributed by atoms with Gasteiger partial charge in [0.2, 0.25) is 0 Å². The van der Waals surface area contributed by atoms with Gasteiger partial charge in [-0.05, 0) is 24.1 Å². The van der Waals surface area contributed by atoms with Crippen LogP contribution in [0.1, 0.15) is 13.8 Å². The van der Waals surface area contributed by atoms with Gasteiger partial charge in [-0.3, -0.25) is 4.21 Å². The molecule has 15 heavy (non-hydrogen) atoms. The zero-order valence-electron chi connectivity index (χ0n) is 8.94. The van der Waals surface area contributed by atoms with E-state index >= 15 is 0 Å². The van der Waals surface area contributed by atoms with E-state index in [1.807, 2.05) is 13.8 Å². The smallest absolute Gasteiger partial charge is 0.124 e. The van der Waals surface area contributed by atoms with Gasteiger partial charge in [0.15, 0.2) is 0 Å². The quantitative estimate of drug-likeness (QED) is 0.857.